The molecule has 1 aliphatic heterocycles. The molecule has 1 aromatic heterocycles. The molecule has 2 N–H and O–H groups in total. The van der Waals surface area contributed by atoms with Crippen molar-refractivity contribution in [3.05, 3.63) is 41.7 Å². The van der Waals surface area contributed by atoms with Crippen molar-refractivity contribution in [3.8, 4) is 16.9 Å². The van der Waals surface area contributed by atoms with Gasteiger partial charge in [-0.3, -0.25) is 4.98 Å². The molecule has 0 spiro atoms. The van der Waals surface area contributed by atoms with Crippen molar-refractivity contribution in [1.29, 1.82) is 0 Å². The van der Waals surface area contributed by atoms with Crippen LogP contribution >= 0.6 is 0 Å². The van der Waals surface area contributed by atoms with Crippen LogP contribution in [0.25, 0.3) is 11.1 Å². The van der Waals surface area contributed by atoms with E-state index in [9.17, 15) is 9.90 Å². The van der Waals surface area contributed by atoms with Gasteiger partial charge in [0.05, 0.1) is 25.5 Å². The summed E-state index contributed by atoms with van der Waals surface area (Å²) in [6.07, 6.45) is 6.94. The molecular weight excluding hydrogens is 396 g/mol. The van der Waals surface area contributed by atoms with Crippen LogP contribution in [0, 0.1) is 6.92 Å². The molecule has 7 nitrogen and oxygen atoms in total. The summed E-state index contributed by atoms with van der Waals surface area (Å²) in [6, 6.07) is 5.95. The first kappa shape index (κ1) is 21.6. The molecule has 2 aliphatic rings. The van der Waals surface area contributed by atoms with E-state index in [-0.39, 0.29) is 0 Å². The summed E-state index contributed by atoms with van der Waals surface area (Å²) in [6.45, 7) is 5.90. The number of carbonyl (C=O) groups is 1. The molecule has 0 unspecified atom stereocenters. The van der Waals surface area contributed by atoms with E-state index in [4.69, 9.17) is 14.2 Å². The lowest BCUT2D eigenvalue weighted by Gasteiger charge is -2.35. The van der Waals surface area contributed by atoms with Gasteiger partial charge in [-0.1, -0.05) is 6.07 Å². The van der Waals surface area contributed by atoms with Crippen LogP contribution in [-0.2, 0) is 20.9 Å². The minimum atomic E-state index is -1.01. The Hall–Kier alpha value is -2.64. The third kappa shape index (κ3) is 4.83. The maximum Gasteiger partial charge on any atom is 0.329 e. The Morgan fingerprint density at radius 2 is 2.03 bits per heavy atom. The van der Waals surface area contributed by atoms with Crippen molar-refractivity contribution in [1.82, 2.24) is 4.98 Å². The predicted molar refractivity (Wildman–Crippen MR) is 117 cm³/mol. The number of aromatic nitrogens is 1. The SMILES string of the molecule is CCOc1cncc(-c2ccc(NC3(C(=O)O)CCOCC3)cc2COC2CC2)c1C. The third-order valence-corrected chi connectivity index (χ3v) is 6.00. The van der Waals surface area contributed by atoms with Crippen LogP contribution in [0.15, 0.2) is 30.6 Å². The van der Waals surface area contributed by atoms with Crippen molar-refractivity contribution < 1.29 is 24.1 Å². The van der Waals surface area contributed by atoms with Crippen LogP contribution in [0.5, 0.6) is 5.75 Å². The number of carboxylic acid groups (broad SMARTS) is 1. The summed E-state index contributed by atoms with van der Waals surface area (Å²) in [5.74, 6) is -0.0802. The molecule has 1 aliphatic carbocycles. The van der Waals surface area contributed by atoms with E-state index >= 15 is 0 Å². The van der Waals surface area contributed by atoms with E-state index in [1.54, 1.807) is 6.20 Å². The first-order chi connectivity index (χ1) is 15.0. The predicted octanol–water partition coefficient (Wildman–Crippen LogP) is 4.18. The summed E-state index contributed by atoms with van der Waals surface area (Å²) in [5.41, 5.74) is 3.80. The third-order valence-electron chi connectivity index (χ3n) is 6.00. The lowest BCUT2D eigenvalue weighted by molar-refractivity contribution is -0.145. The molecule has 2 heterocycles. The van der Waals surface area contributed by atoms with Crippen molar-refractivity contribution in [2.24, 2.45) is 0 Å². The zero-order chi connectivity index (χ0) is 21.8. The molecule has 0 amide bonds. The van der Waals surface area contributed by atoms with Crippen LogP contribution in [0.2, 0.25) is 0 Å². The number of hydrogen-bond acceptors (Lipinski definition) is 6. The topological polar surface area (TPSA) is 89.9 Å². The summed E-state index contributed by atoms with van der Waals surface area (Å²) < 4.78 is 17.1. The van der Waals surface area contributed by atoms with Gasteiger partial charge in [0.15, 0.2) is 0 Å². The van der Waals surface area contributed by atoms with Gasteiger partial charge in [-0.25, -0.2) is 4.79 Å². The lowest BCUT2D eigenvalue weighted by atomic mass is 9.89. The maximum absolute atomic E-state index is 12.1. The molecular formula is C24H30N2O5. The van der Waals surface area contributed by atoms with Gasteiger partial charge >= 0.3 is 5.97 Å². The molecule has 0 radical (unpaired) electrons. The first-order valence-corrected chi connectivity index (χ1v) is 10.9. The van der Waals surface area contributed by atoms with Crippen LogP contribution in [0.4, 0.5) is 5.69 Å². The van der Waals surface area contributed by atoms with Crippen molar-refractivity contribution >= 4 is 11.7 Å². The highest BCUT2D eigenvalue weighted by Crippen LogP contribution is 2.36. The second kappa shape index (κ2) is 9.24. The Morgan fingerprint density at radius 1 is 1.26 bits per heavy atom. The molecule has 0 atom stereocenters. The van der Waals surface area contributed by atoms with Gasteiger partial charge in [0.25, 0.3) is 0 Å². The Morgan fingerprint density at radius 3 is 2.71 bits per heavy atom. The molecule has 1 saturated heterocycles. The van der Waals surface area contributed by atoms with Crippen molar-refractivity contribution in [2.45, 2.75) is 57.8 Å². The number of carboxylic acids is 1. The fourth-order valence-electron chi connectivity index (χ4n) is 3.96. The van der Waals surface area contributed by atoms with Gasteiger partial charge in [-0.05, 0) is 49.9 Å². The summed E-state index contributed by atoms with van der Waals surface area (Å²) in [5, 5.41) is 13.2. The van der Waals surface area contributed by atoms with Crippen LogP contribution in [-0.4, -0.2) is 47.5 Å². The number of nitrogens with zero attached hydrogens (tertiary/aromatic N) is 1. The van der Waals surface area contributed by atoms with E-state index in [2.05, 4.69) is 10.3 Å². The second-order valence-corrected chi connectivity index (χ2v) is 8.25. The number of nitrogens with one attached hydrogen (secondary N) is 1. The molecule has 31 heavy (non-hydrogen) atoms. The molecule has 2 fully saturated rings. The fourth-order valence-corrected chi connectivity index (χ4v) is 3.96. The average molecular weight is 427 g/mol. The monoisotopic (exact) mass is 426 g/mol. The number of hydrogen-bond donors (Lipinski definition) is 2. The zero-order valence-corrected chi connectivity index (χ0v) is 18.1. The Bertz CT molecular complexity index is 936. The van der Waals surface area contributed by atoms with E-state index in [1.807, 2.05) is 38.2 Å². The number of anilines is 1. The molecule has 7 heteroatoms. The lowest BCUT2D eigenvalue weighted by Crippen LogP contribution is -2.50. The van der Waals surface area contributed by atoms with Crippen molar-refractivity contribution in [2.75, 3.05) is 25.1 Å². The average Bonchev–Trinajstić information content (AvgIpc) is 3.59. The Kier molecular flexibility index (Phi) is 6.43. The molecule has 1 aromatic carbocycles. The minimum Gasteiger partial charge on any atom is -0.492 e. The molecule has 1 saturated carbocycles. The number of ether oxygens (including phenoxy) is 3. The number of benzene rings is 1. The summed E-state index contributed by atoms with van der Waals surface area (Å²) in [4.78, 5) is 16.4. The first-order valence-electron chi connectivity index (χ1n) is 10.9. The van der Waals surface area contributed by atoms with E-state index < -0.39 is 11.5 Å². The van der Waals surface area contributed by atoms with E-state index in [1.165, 1.54) is 0 Å². The summed E-state index contributed by atoms with van der Waals surface area (Å²) >= 11 is 0. The standard InChI is InChI=1S/C24H30N2O5/c1-3-30-22-14-25-13-21(16(22)2)20-7-4-18(12-17(20)15-31-19-5-6-19)26-24(23(27)28)8-10-29-11-9-24/h4,7,12-14,19,26H,3,5-6,8-11,15H2,1-2H3,(H,27,28). The highest BCUT2D eigenvalue weighted by atomic mass is 16.5. The molecule has 0 bridgehead atoms. The minimum absolute atomic E-state index is 0.319. The largest absolute Gasteiger partial charge is 0.492 e. The van der Waals surface area contributed by atoms with Crippen molar-refractivity contribution in [3.63, 3.8) is 0 Å². The highest BCUT2D eigenvalue weighted by molar-refractivity contribution is 5.83. The van der Waals surface area contributed by atoms with Gasteiger partial charge in [0, 0.05) is 49.1 Å². The molecule has 166 valence electrons. The quantitative estimate of drug-likeness (QED) is 0.622. The number of aliphatic carboxylic acids is 1. The van der Waals surface area contributed by atoms with Crippen LogP contribution in [0.1, 0.15) is 43.7 Å². The maximum atomic E-state index is 12.1. The van der Waals surface area contributed by atoms with Crippen LogP contribution in [0.3, 0.4) is 0 Å². The fraction of sp³-hybridized carbons (Fsp3) is 0.500. The molecule has 4 rings (SSSR count). The van der Waals surface area contributed by atoms with Crippen LogP contribution < -0.4 is 10.1 Å². The Balaban J connectivity index is 1.68. The van der Waals surface area contributed by atoms with Gasteiger partial charge in [-0.2, -0.15) is 0 Å². The second-order valence-electron chi connectivity index (χ2n) is 8.25. The van der Waals surface area contributed by atoms with Gasteiger partial charge < -0.3 is 24.6 Å². The van der Waals surface area contributed by atoms with E-state index in [0.29, 0.717) is 45.4 Å². The van der Waals surface area contributed by atoms with Gasteiger partial charge in [0.2, 0.25) is 0 Å². The van der Waals surface area contributed by atoms with Gasteiger partial charge in [0.1, 0.15) is 11.3 Å². The smallest absolute Gasteiger partial charge is 0.329 e. The molecule has 2 aromatic rings. The summed E-state index contributed by atoms with van der Waals surface area (Å²) in [7, 11) is 0. The Labute approximate surface area is 182 Å². The normalized spacial score (nSPS) is 17.9. The number of rotatable bonds is 9. The highest BCUT2D eigenvalue weighted by Gasteiger charge is 2.40. The number of pyridine rings is 1. The van der Waals surface area contributed by atoms with Gasteiger partial charge in [-0.15, -0.1) is 0 Å². The van der Waals surface area contributed by atoms with E-state index in [0.717, 1.165) is 46.5 Å². The zero-order valence-electron chi connectivity index (χ0n) is 18.1.